The molecule has 0 aliphatic heterocycles. The van der Waals surface area contributed by atoms with Crippen molar-refractivity contribution in [3.63, 3.8) is 0 Å². The largest absolute Gasteiger partial charge is 0.382 e. The summed E-state index contributed by atoms with van der Waals surface area (Å²) in [5.74, 6) is -0.234. The van der Waals surface area contributed by atoms with E-state index in [4.69, 9.17) is 0 Å². The van der Waals surface area contributed by atoms with Crippen molar-refractivity contribution in [1.29, 1.82) is 0 Å². The predicted molar refractivity (Wildman–Crippen MR) is 73.9 cm³/mol. The smallest absolute Gasteiger partial charge is 0.193 e. The third-order valence-corrected chi connectivity index (χ3v) is 3.34. The third-order valence-electron chi connectivity index (χ3n) is 2.46. The first-order valence-corrected chi connectivity index (χ1v) is 6.82. The predicted octanol–water partition coefficient (Wildman–Crippen LogP) is 2.39. The summed E-state index contributed by atoms with van der Waals surface area (Å²) >= 11 is 0. The van der Waals surface area contributed by atoms with Crippen LogP contribution in [0.3, 0.4) is 0 Å². The molecular formula is C12H18O2P2. The van der Waals surface area contributed by atoms with Crippen LogP contribution in [0.25, 0.3) is 0 Å². The van der Waals surface area contributed by atoms with E-state index in [0.717, 1.165) is 17.9 Å². The van der Waals surface area contributed by atoms with Gasteiger partial charge in [0.25, 0.3) is 0 Å². The normalized spacial score (nSPS) is 11.6. The Balaban J connectivity index is 3.13. The molecule has 1 aromatic rings. The fourth-order valence-corrected chi connectivity index (χ4v) is 2.29. The van der Waals surface area contributed by atoms with Crippen LogP contribution in [-0.2, 0) is 12.3 Å². The second-order valence-corrected chi connectivity index (χ2v) is 5.10. The molecular weight excluding hydrogens is 238 g/mol. The molecule has 88 valence electrons. The van der Waals surface area contributed by atoms with Crippen molar-refractivity contribution in [1.82, 2.24) is 0 Å². The van der Waals surface area contributed by atoms with Gasteiger partial charge in [-0.25, -0.2) is 0 Å². The number of carbonyl (C=O) groups excluding carboxylic acids is 1. The molecule has 1 aromatic carbocycles. The zero-order chi connectivity index (χ0) is 12.3. The molecule has 0 heterocycles. The maximum Gasteiger partial charge on any atom is 0.193 e. The lowest BCUT2D eigenvalue weighted by atomic mass is 9.94. The highest BCUT2D eigenvalue weighted by atomic mass is 31.0. The molecule has 0 radical (unpaired) electrons. The van der Waals surface area contributed by atoms with Gasteiger partial charge >= 0.3 is 0 Å². The SMILES string of the molecule is CC(C)(O)C(=O)c1ccc(CP)c(CP)c1. The molecule has 2 atom stereocenters. The number of carbonyl (C=O) groups is 1. The first kappa shape index (κ1) is 13.8. The van der Waals surface area contributed by atoms with E-state index in [2.05, 4.69) is 18.5 Å². The average Bonchev–Trinajstić information content (AvgIpc) is 2.25. The lowest BCUT2D eigenvalue weighted by molar-refractivity contribution is 0.0488. The van der Waals surface area contributed by atoms with Crippen molar-refractivity contribution >= 4 is 24.3 Å². The first-order chi connectivity index (χ1) is 7.40. The highest BCUT2D eigenvalue weighted by molar-refractivity contribution is 7.16. The van der Waals surface area contributed by atoms with E-state index in [0.29, 0.717) is 5.56 Å². The van der Waals surface area contributed by atoms with Crippen molar-refractivity contribution in [2.75, 3.05) is 0 Å². The molecule has 0 aliphatic carbocycles. The van der Waals surface area contributed by atoms with Gasteiger partial charge < -0.3 is 5.11 Å². The fraction of sp³-hybridized carbons (Fsp3) is 0.417. The third kappa shape index (κ3) is 3.10. The summed E-state index contributed by atoms with van der Waals surface area (Å²) in [6.07, 6.45) is 1.69. The minimum Gasteiger partial charge on any atom is -0.382 e. The molecule has 0 fully saturated rings. The Hall–Kier alpha value is -0.290. The Labute approximate surface area is 101 Å². The Morgan fingerprint density at radius 1 is 1.25 bits per heavy atom. The van der Waals surface area contributed by atoms with Crippen LogP contribution in [0, 0.1) is 0 Å². The summed E-state index contributed by atoms with van der Waals surface area (Å²) in [6.45, 7) is 3.03. The van der Waals surface area contributed by atoms with Crippen molar-refractivity contribution in [3.05, 3.63) is 34.9 Å². The molecule has 1 rings (SSSR count). The molecule has 0 saturated carbocycles. The van der Waals surface area contributed by atoms with Crippen molar-refractivity contribution in [2.45, 2.75) is 31.8 Å². The monoisotopic (exact) mass is 256 g/mol. The van der Waals surface area contributed by atoms with E-state index in [-0.39, 0.29) is 5.78 Å². The molecule has 2 unspecified atom stereocenters. The van der Waals surface area contributed by atoms with Gasteiger partial charge in [-0.1, -0.05) is 12.1 Å². The fourth-order valence-electron chi connectivity index (χ4n) is 1.51. The van der Waals surface area contributed by atoms with E-state index in [1.165, 1.54) is 19.4 Å². The quantitative estimate of drug-likeness (QED) is 0.663. The molecule has 2 nitrogen and oxygen atoms in total. The summed E-state index contributed by atoms with van der Waals surface area (Å²) in [6, 6.07) is 5.60. The number of aliphatic hydroxyl groups is 1. The maximum atomic E-state index is 11.9. The molecule has 16 heavy (non-hydrogen) atoms. The number of hydrogen-bond donors (Lipinski definition) is 1. The number of ketones is 1. The number of rotatable bonds is 4. The number of hydrogen-bond acceptors (Lipinski definition) is 2. The number of Topliss-reactive ketones (excluding diaryl/α,β-unsaturated/α-hetero) is 1. The lowest BCUT2D eigenvalue weighted by Crippen LogP contribution is -2.31. The van der Waals surface area contributed by atoms with Gasteiger partial charge in [0.15, 0.2) is 5.78 Å². The van der Waals surface area contributed by atoms with Gasteiger partial charge in [0.1, 0.15) is 5.60 Å². The molecule has 0 aromatic heterocycles. The summed E-state index contributed by atoms with van der Waals surface area (Å²) in [7, 11) is 5.34. The Morgan fingerprint density at radius 2 is 1.81 bits per heavy atom. The van der Waals surface area contributed by atoms with E-state index < -0.39 is 5.60 Å². The van der Waals surface area contributed by atoms with Crippen LogP contribution in [0.2, 0.25) is 0 Å². The molecule has 0 spiro atoms. The zero-order valence-corrected chi connectivity index (χ0v) is 12.0. The van der Waals surface area contributed by atoms with Crippen LogP contribution in [0.4, 0.5) is 0 Å². The molecule has 0 bridgehead atoms. The van der Waals surface area contributed by atoms with Gasteiger partial charge in [-0.15, -0.1) is 18.5 Å². The first-order valence-electron chi connectivity index (χ1n) is 5.19. The summed E-state index contributed by atoms with van der Waals surface area (Å²) in [5, 5.41) is 9.67. The van der Waals surface area contributed by atoms with Gasteiger partial charge in [0, 0.05) is 5.56 Å². The highest BCUT2D eigenvalue weighted by Crippen LogP contribution is 2.21. The molecule has 4 heteroatoms. The second-order valence-electron chi connectivity index (χ2n) is 4.28. The standard InChI is InChI=1S/C12H18O2P2/c1-12(2,14)11(13)8-3-4-9(6-15)10(5-8)7-16/h3-5,14H,6-7,15-16H2,1-2H3. The average molecular weight is 256 g/mol. The lowest BCUT2D eigenvalue weighted by Gasteiger charge is -2.16. The van der Waals surface area contributed by atoms with Gasteiger partial charge in [-0.3, -0.25) is 4.79 Å². The topological polar surface area (TPSA) is 37.3 Å². The van der Waals surface area contributed by atoms with E-state index in [1.54, 1.807) is 6.07 Å². The van der Waals surface area contributed by atoms with Crippen molar-refractivity contribution < 1.29 is 9.90 Å². The summed E-state index contributed by atoms with van der Waals surface area (Å²) in [4.78, 5) is 11.9. The van der Waals surface area contributed by atoms with Crippen LogP contribution in [0.5, 0.6) is 0 Å². The molecule has 0 saturated heterocycles. The second kappa shape index (κ2) is 5.36. The maximum absolute atomic E-state index is 11.9. The van der Waals surface area contributed by atoms with Crippen LogP contribution >= 0.6 is 18.5 Å². The number of benzene rings is 1. The highest BCUT2D eigenvalue weighted by Gasteiger charge is 2.25. The van der Waals surface area contributed by atoms with Gasteiger partial charge in [0.2, 0.25) is 0 Å². The van der Waals surface area contributed by atoms with Crippen molar-refractivity contribution in [2.24, 2.45) is 0 Å². The van der Waals surface area contributed by atoms with E-state index in [1.807, 2.05) is 12.1 Å². The van der Waals surface area contributed by atoms with Gasteiger partial charge in [-0.2, -0.15) is 0 Å². The minimum absolute atomic E-state index is 0.234. The van der Waals surface area contributed by atoms with Crippen LogP contribution < -0.4 is 0 Å². The summed E-state index contributed by atoms with van der Waals surface area (Å²) < 4.78 is 0. The van der Waals surface area contributed by atoms with Crippen LogP contribution in [-0.4, -0.2) is 16.5 Å². The Bertz CT molecular complexity index is 394. The Morgan fingerprint density at radius 3 is 2.25 bits per heavy atom. The van der Waals surface area contributed by atoms with E-state index >= 15 is 0 Å². The zero-order valence-electron chi connectivity index (χ0n) is 9.66. The minimum atomic E-state index is -1.30. The Kier molecular flexibility index (Phi) is 4.62. The van der Waals surface area contributed by atoms with Gasteiger partial charge in [-0.05, 0) is 43.4 Å². The van der Waals surface area contributed by atoms with Crippen LogP contribution in [0.15, 0.2) is 18.2 Å². The van der Waals surface area contributed by atoms with Crippen molar-refractivity contribution in [3.8, 4) is 0 Å². The molecule has 0 aliphatic rings. The summed E-state index contributed by atoms with van der Waals surface area (Å²) in [5.41, 5.74) is 1.62. The molecule has 1 N–H and O–H groups in total. The molecule has 0 amide bonds. The van der Waals surface area contributed by atoms with Gasteiger partial charge in [0.05, 0.1) is 0 Å². The van der Waals surface area contributed by atoms with E-state index in [9.17, 15) is 9.90 Å². The van der Waals surface area contributed by atoms with Crippen LogP contribution in [0.1, 0.15) is 35.3 Å².